The highest BCUT2D eigenvalue weighted by molar-refractivity contribution is 5.93. The molecule has 1 N–H and O–H groups in total. The van der Waals surface area contributed by atoms with Crippen LogP contribution in [0.15, 0.2) is 30.3 Å². The van der Waals surface area contributed by atoms with E-state index < -0.39 is 29.9 Å². The van der Waals surface area contributed by atoms with Gasteiger partial charge in [0.15, 0.2) is 0 Å². The SMILES string of the molecule is CCN1C(=O)OC(C)(C)c2cc(C)c(-c3cc(C4C[C@H]4C(=O)O)ccc3OC(F)(F)F)cc21. The molecule has 4 rings (SSSR count). The molecule has 9 heteroatoms. The lowest BCUT2D eigenvalue weighted by Gasteiger charge is -2.38. The van der Waals surface area contributed by atoms with Gasteiger partial charge >= 0.3 is 18.4 Å². The number of aliphatic carboxylic acids is 1. The van der Waals surface area contributed by atoms with Crippen molar-refractivity contribution in [3.05, 3.63) is 47.0 Å². The Balaban J connectivity index is 1.89. The quantitative estimate of drug-likeness (QED) is 0.592. The highest BCUT2D eigenvalue weighted by Crippen LogP contribution is 2.50. The fraction of sp³-hybridized carbons (Fsp3) is 0.417. The molecule has 1 fully saturated rings. The number of carboxylic acid groups (broad SMARTS) is 1. The maximum absolute atomic E-state index is 13.2. The van der Waals surface area contributed by atoms with Gasteiger partial charge in [-0.25, -0.2) is 4.79 Å². The molecular formula is C24H24F3NO5. The predicted octanol–water partition coefficient (Wildman–Crippen LogP) is 5.96. The first-order valence-electron chi connectivity index (χ1n) is 10.6. The van der Waals surface area contributed by atoms with E-state index in [0.717, 1.165) is 5.56 Å². The molecule has 1 aliphatic carbocycles. The van der Waals surface area contributed by atoms with E-state index in [9.17, 15) is 27.9 Å². The number of aryl methyl sites for hydroxylation is 1. The molecule has 2 aliphatic rings. The largest absolute Gasteiger partial charge is 0.573 e. The molecule has 1 amide bonds. The van der Waals surface area contributed by atoms with Gasteiger partial charge in [0, 0.05) is 17.7 Å². The third-order valence-corrected chi connectivity index (χ3v) is 6.22. The number of fused-ring (bicyclic) bond motifs is 1. The number of hydrogen-bond acceptors (Lipinski definition) is 4. The fourth-order valence-corrected chi connectivity index (χ4v) is 4.46. The van der Waals surface area contributed by atoms with Gasteiger partial charge in [0.1, 0.15) is 11.4 Å². The van der Waals surface area contributed by atoms with E-state index in [1.165, 1.54) is 17.0 Å². The number of halogens is 3. The zero-order valence-electron chi connectivity index (χ0n) is 18.6. The monoisotopic (exact) mass is 463 g/mol. The van der Waals surface area contributed by atoms with Crippen LogP contribution in [0.4, 0.5) is 23.7 Å². The van der Waals surface area contributed by atoms with Gasteiger partial charge in [0.05, 0.1) is 11.6 Å². The number of carboxylic acids is 1. The molecule has 1 heterocycles. The Bertz CT molecular complexity index is 1140. The Hall–Kier alpha value is -3.23. The van der Waals surface area contributed by atoms with Gasteiger partial charge in [-0.15, -0.1) is 13.2 Å². The van der Waals surface area contributed by atoms with Crippen LogP contribution in [0.3, 0.4) is 0 Å². The molecule has 0 bridgehead atoms. The minimum Gasteiger partial charge on any atom is -0.481 e. The first kappa shape index (κ1) is 22.9. The van der Waals surface area contributed by atoms with Crippen molar-refractivity contribution in [3.63, 3.8) is 0 Å². The first-order valence-corrected chi connectivity index (χ1v) is 10.6. The van der Waals surface area contributed by atoms with Crippen molar-refractivity contribution in [2.75, 3.05) is 11.4 Å². The number of hydrogen-bond donors (Lipinski definition) is 1. The summed E-state index contributed by atoms with van der Waals surface area (Å²) in [5.41, 5.74) is 2.35. The number of amides is 1. The zero-order chi connectivity index (χ0) is 24.3. The van der Waals surface area contributed by atoms with Gasteiger partial charge < -0.3 is 14.6 Å². The number of anilines is 1. The van der Waals surface area contributed by atoms with E-state index in [0.29, 0.717) is 35.3 Å². The number of benzene rings is 2. The molecule has 2 aromatic rings. The lowest BCUT2D eigenvalue weighted by Crippen LogP contribution is -2.43. The summed E-state index contributed by atoms with van der Waals surface area (Å²) in [6.45, 7) is 7.38. The standard InChI is InChI=1S/C24H24F3NO5/c1-5-28-19-11-14(12(2)8-18(19)23(3,4)33-22(28)31)16-9-13(15-10-17(15)21(29)30)6-7-20(16)32-24(25,26)27/h6-9,11,15,17H,5,10H2,1-4H3,(H,29,30)/t15?,17-/m1/s1. The summed E-state index contributed by atoms with van der Waals surface area (Å²) in [5.74, 6) is -2.13. The van der Waals surface area contributed by atoms with E-state index in [1.54, 1.807) is 45.9 Å². The van der Waals surface area contributed by atoms with Crippen LogP contribution in [0.25, 0.3) is 11.1 Å². The summed E-state index contributed by atoms with van der Waals surface area (Å²) in [6, 6.07) is 7.75. The molecule has 6 nitrogen and oxygen atoms in total. The number of carbonyl (C=O) groups excluding carboxylic acids is 1. The van der Waals surface area contributed by atoms with Crippen LogP contribution in [0, 0.1) is 12.8 Å². The van der Waals surface area contributed by atoms with Crippen LogP contribution in [0.2, 0.25) is 0 Å². The number of ether oxygens (including phenoxy) is 2. The maximum Gasteiger partial charge on any atom is 0.573 e. The Morgan fingerprint density at radius 2 is 1.94 bits per heavy atom. The van der Waals surface area contributed by atoms with Crippen molar-refractivity contribution >= 4 is 17.7 Å². The molecular weight excluding hydrogens is 439 g/mol. The van der Waals surface area contributed by atoms with Crippen molar-refractivity contribution in [2.45, 2.75) is 52.0 Å². The van der Waals surface area contributed by atoms with Gasteiger partial charge in [0.25, 0.3) is 0 Å². The molecule has 0 radical (unpaired) electrons. The summed E-state index contributed by atoms with van der Waals surface area (Å²) in [4.78, 5) is 25.3. The number of cyclic esters (lactones) is 1. The molecule has 0 aromatic heterocycles. The molecule has 33 heavy (non-hydrogen) atoms. The molecule has 2 aromatic carbocycles. The van der Waals surface area contributed by atoms with E-state index in [1.807, 2.05) is 0 Å². The van der Waals surface area contributed by atoms with E-state index in [4.69, 9.17) is 4.74 Å². The maximum atomic E-state index is 13.2. The molecule has 2 atom stereocenters. The van der Waals surface area contributed by atoms with Crippen LogP contribution in [-0.2, 0) is 15.1 Å². The van der Waals surface area contributed by atoms with Crippen LogP contribution in [0.5, 0.6) is 5.75 Å². The van der Waals surface area contributed by atoms with Gasteiger partial charge in [-0.2, -0.15) is 0 Å². The van der Waals surface area contributed by atoms with Crippen molar-refractivity contribution < 1.29 is 37.3 Å². The van der Waals surface area contributed by atoms with Crippen molar-refractivity contribution in [3.8, 4) is 16.9 Å². The summed E-state index contributed by atoms with van der Waals surface area (Å²) in [5, 5.41) is 9.26. The Morgan fingerprint density at radius 3 is 2.52 bits per heavy atom. The third-order valence-electron chi connectivity index (χ3n) is 6.22. The second-order valence-electron chi connectivity index (χ2n) is 8.90. The lowest BCUT2D eigenvalue weighted by molar-refractivity contribution is -0.274. The van der Waals surface area contributed by atoms with Crippen LogP contribution in [0.1, 0.15) is 49.8 Å². The molecule has 0 spiro atoms. The second-order valence-corrected chi connectivity index (χ2v) is 8.90. The average molecular weight is 463 g/mol. The van der Waals surface area contributed by atoms with Crippen molar-refractivity contribution in [1.82, 2.24) is 0 Å². The predicted molar refractivity (Wildman–Crippen MR) is 114 cm³/mol. The molecule has 1 unspecified atom stereocenters. The normalized spacial score (nSPS) is 21.3. The van der Waals surface area contributed by atoms with Gasteiger partial charge in [-0.1, -0.05) is 6.07 Å². The fourth-order valence-electron chi connectivity index (χ4n) is 4.46. The lowest BCUT2D eigenvalue weighted by atomic mass is 9.87. The Labute approximate surface area is 188 Å². The van der Waals surface area contributed by atoms with Crippen LogP contribution >= 0.6 is 0 Å². The van der Waals surface area contributed by atoms with Crippen molar-refractivity contribution in [1.29, 1.82) is 0 Å². The summed E-state index contributed by atoms with van der Waals surface area (Å²) in [7, 11) is 0. The number of nitrogens with zero attached hydrogens (tertiary/aromatic N) is 1. The average Bonchev–Trinajstić information content (AvgIpc) is 3.48. The molecule has 1 aliphatic heterocycles. The number of carbonyl (C=O) groups is 2. The van der Waals surface area contributed by atoms with Gasteiger partial charge in [-0.3, -0.25) is 9.69 Å². The van der Waals surface area contributed by atoms with Crippen LogP contribution < -0.4 is 9.64 Å². The first-order chi connectivity index (χ1) is 15.3. The highest BCUT2D eigenvalue weighted by Gasteiger charge is 2.45. The Morgan fingerprint density at radius 1 is 1.24 bits per heavy atom. The summed E-state index contributed by atoms with van der Waals surface area (Å²) >= 11 is 0. The van der Waals surface area contributed by atoms with Crippen LogP contribution in [-0.4, -0.2) is 30.1 Å². The van der Waals surface area contributed by atoms with Gasteiger partial charge in [0.2, 0.25) is 0 Å². The van der Waals surface area contributed by atoms with E-state index in [-0.39, 0.29) is 17.2 Å². The Kier molecular flexibility index (Phi) is 5.34. The second kappa shape index (κ2) is 7.67. The van der Waals surface area contributed by atoms with Gasteiger partial charge in [-0.05, 0) is 81.0 Å². The third kappa shape index (κ3) is 4.24. The molecule has 1 saturated carbocycles. The molecule has 176 valence electrons. The summed E-state index contributed by atoms with van der Waals surface area (Å²) < 4.78 is 49.3. The highest BCUT2D eigenvalue weighted by atomic mass is 19.4. The molecule has 0 saturated heterocycles. The zero-order valence-corrected chi connectivity index (χ0v) is 18.6. The topological polar surface area (TPSA) is 76.1 Å². The smallest absolute Gasteiger partial charge is 0.481 e. The minimum absolute atomic E-state index is 0.189. The van der Waals surface area contributed by atoms with Crippen molar-refractivity contribution in [2.24, 2.45) is 5.92 Å². The van der Waals surface area contributed by atoms with E-state index >= 15 is 0 Å². The minimum atomic E-state index is -4.90. The van der Waals surface area contributed by atoms with E-state index in [2.05, 4.69) is 4.74 Å². The number of rotatable bonds is 5. The number of alkyl halides is 3. The summed E-state index contributed by atoms with van der Waals surface area (Å²) in [6.07, 6.45) is -5.00.